The summed E-state index contributed by atoms with van der Waals surface area (Å²) in [5.41, 5.74) is 1.70. The number of rotatable bonds is 2. The van der Waals surface area contributed by atoms with Crippen LogP contribution in [0.4, 0.5) is 10.8 Å². The van der Waals surface area contributed by atoms with E-state index in [4.69, 9.17) is 23.2 Å². The fraction of sp³-hybridized carbons (Fsp3) is 0. The van der Waals surface area contributed by atoms with Crippen molar-refractivity contribution in [3.8, 4) is 0 Å². The molecule has 0 atom stereocenters. The summed E-state index contributed by atoms with van der Waals surface area (Å²) in [6, 6.07) is 11.3. The van der Waals surface area contributed by atoms with E-state index in [0.717, 1.165) is 25.5 Å². The van der Waals surface area contributed by atoms with E-state index in [1.54, 1.807) is 29.5 Å². The van der Waals surface area contributed by atoms with Crippen LogP contribution in [0, 0.1) is 0 Å². The summed E-state index contributed by atoms with van der Waals surface area (Å²) in [6.07, 6.45) is 0. The standard InChI is InChI=1S/C13H7BrCl2N2S/c14-7-1-4-12-11(5-7)18-13(19-12)17-10-6-8(15)2-3-9(10)16/h1-6H,(H,17,18). The number of hydrogen-bond donors (Lipinski definition) is 1. The van der Waals surface area contributed by atoms with E-state index < -0.39 is 0 Å². The van der Waals surface area contributed by atoms with Crippen molar-refractivity contribution in [1.82, 2.24) is 4.98 Å². The number of aromatic nitrogens is 1. The molecule has 0 amide bonds. The van der Waals surface area contributed by atoms with Gasteiger partial charge in [0.25, 0.3) is 0 Å². The Bertz CT molecular complexity index is 757. The number of hydrogen-bond acceptors (Lipinski definition) is 3. The van der Waals surface area contributed by atoms with Crippen LogP contribution in [0.25, 0.3) is 10.2 Å². The molecule has 3 aromatic rings. The van der Waals surface area contributed by atoms with E-state index in [1.165, 1.54) is 0 Å². The molecule has 0 unspecified atom stereocenters. The van der Waals surface area contributed by atoms with Crippen molar-refractivity contribution in [2.24, 2.45) is 0 Å². The van der Waals surface area contributed by atoms with Crippen LogP contribution in [-0.4, -0.2) is 4.98 Å². The highest BCUT2D eigenvalue weighted by atomic mass is 79.9. The highest BCUT2D eigenvalue weighted by Gasteiger charge is 2.07. The van der Waals surface area contributed by atoms with Gasteiger partial charge in [-0.15, -0.1) is 0 Å². The summed E-state index contributed by atoms with van der Waals surface area (Å²) >= 11 is 17.1. The van der Waals surface area contributed by atoms with Gasteiger partial charge in [0, 0.05) is 9.50 Å². The van der Waals surface area contributed by atoms with Crippen LogP contribution in [0.2, 0.25) is 10.0 Å². The van der Waals surface area contributed by atoms with Crippen LogP contribution < -0.4 is 5.32 Å². The fourth-order valence-corrected chi connectivity index (χ4v) is 3.21. The molecule has 96 valence electrons. The molecule has 0 spiro atoms. The van der Waals surface area contributed by atoms with Crippen LogP contribution in [-0.2, 0) is 0 Å². The minimum absolute atomic E-state index is 0.616. The predicted molar refractivity (Wildman–Crippen MR) is 87.1 cm³/mol. The molecule has 0 radical (unpaired) electrons. The summed E-state index contributed by atoms with van der Waals surface area (Å²) in [6.45, 7) is 0. The second kappa shape index (κ2) is 5.29. The molecule has 0 bridgehead atoms. The van der Waals surface area contributed by atoms with Gasteiger partial charge < -0.3 is 5.32 Å². The normalized spacial score (nSPS) is 10.9. The van der Waals surface area contributed by atoms with Crippen molar-refractivity contribution < 1.29 is 0 Å². The lowest BCUT2D eigenvalue weighted by molar-refractivity contribution is 1.44. The lowest BCUT2D eigenvalue weighted by Crippen LogP contribution is -1.89. The van der Waals surface area contributed by atoms with Crippen LogP contribution >= 0.6 is 50.5 Å². The number of benzene rings is 2. The summed E-state index contributed by atoms with van der Waals surface area (Å²) < 4.78 is 2.13. The third kappa shape index (κ3) is 2.87. The van der Waals surface area contributed by atoms with Crippen LogP contribution in [0.3, 0.4) is 0 Å². The molecule has 1 heterocycles. The molecule has 3 rings (SSSR count). The third-order valence-corrected chi connectivity index (χ3v) is 4.53. The van der Waals surface area contributed by atoms with E-state index in [9.17, 15) is 0 Å². The summed E-state index contributed by atoms with van der Waals surface area (Å²) in [5.74, 6) is 0. The molecule has 0 aliphatic heterocycles. The van der Waals surface area contributed by atoms with E-state index >= 15 is 0 Å². The number of thiazole rings is 1. The van der Waals surface area contributed by atoms with Crippen LogP contribution in [0.5, 0.6) is 0 Å². The van der Waals surface area contributed by atoms with Gasteiger partial charge in [0.15, 0.2) is 5.13 Å². The van der Waals surface area contributed by atoms with Crippen molar-refractivity contribution in [2.45, 2.75) is 0 Å². The van der Waals surface area contributed by atoms with E-state index in [-0.39, 0.29) is 0 Å². The zero-order valence-electron chi connectivity index (χ0n) is 9.45. The van der Waals surface area contributed by atoms with E-state index in [1.807, 2.05) is 18.2 Å². The Kier molecular flexibility index (Phi) is 3.67. The lowest BCUT2D eigenvalue weighted by Gasteiger charge is -2.04. The Balaban J connectivity index is 1.98. The average molecular weight is 374 g/mol. The van der Waals surface area contributed by atoms with Crippen molar-refractivity contribution in [3.05, 3.63) is 50.9 Å². The molecule has 0 saturated heterocycles. The number of nitrogens with one attached hydrogen (secondary N) is 1. The van der Waals surface area contributed by atoms with Crippen molar-refractivity contribution in [2.75, 3.05) is 5.32 Å². The Morgan fingerprint density at radius 2 is 1.95 bits per heavy atom. The fourth-order valence-electron chi connectivity index (χ4n) is 1.66. The van der Waals surface area contributed by atoms with Gasteiger partial charge in [0.1, 0.15) is 0 Å². The zero-order valence-corrected chi connectivity index (χ0v) is 13.4. The molecule has 0 aliphatic rings. The first-order valence-corrected chi connectivity index (χ1v) is 7.76. The Labute approximate surface area is 132 Å². The predicted octanol–water partition coefficient (Wildman–Crippen LogP) is 6.11. The summed E-state index contributed by atoms with van der Waals surface area (Å²) in [4.78, 5) is 4.52. The van der Waals surface area contributed by atoms with E-state index in [2.05, 4.69) is 26.2 Å². The molecule has 19 heavy (non-hydrogen) atoms. The Hall–Kier alpha value is -0.810. The number of fused-ring (bicyclic) bond motifs is 1. The third-order valence-electron chi connectivity index (χ3n) is 2.52. The zero-order chi connectivity index (χ0) is 13.4. The maximum atomic E-state index is 6.12. The maximum absolute atomic E-state index is 6.12. The quantitative estimate of drug-likeness (QED) is 0.586. The van der Waals surface area contributed by atoms with Gasteiger partial charge in [0.05, 0.1) is 20.9 Å². The average Bonchev–Trinajstić information content (AvgIpc) is 2.75. The summed E-state index contributed by atoms with van der Waals surface area (Å²) in [5, 5.41) is 5.24. The molecule has 0 saturated carbocycles. The minimum atomic E-state index is 0.616. The smallest absolute Gasteiger partial charge is 0.188 e. The first-order chi connectivity index (χ1) is 9.11. The number of halogens is 3. The highest BCUT2D eigenvalue weighted by molar-refractivity contribution is 9.10. The summed E-state index contributed by atoms with van der Waals surface area (Å²) in [7, 11) is 0. The lowest BCUT2D eigenvalue weighted by atomic mass is 10.3. The topological polar surface area (TPSA) is 24.9 Å². The maximum Gasteiger partial charge on any atom is 0.188 e. The molecular formula is C13H7BrCl2N2S. The van der Waals surface area contributed by atoms with E-state index in [0.29, 0.717) is 10.0 Å². The monoisotopic (exact) mass is 372 g/mol. The van der Waals surface area contributed by atoms with Gasteiger partial charge in [-0.2, -0.15) is 0 Å². The van der Waals surface area contributed by atoms with Gasteiger partial charge in [-0.1, -0.05) is 50.5 Å². The SMILES string of the molecule is Clc1ccc(Cl)c(Nc2nc3cc(Br)ccc3s2)c1. The number of anilines is 2. The van der Waals surface area contributed by atoms with Gasteiger partial charge in [0.2, 0.25) is 0 Å². The molecule has 2 nitrogen and oxygen atoms in total. The number of nitrogens with zero attached hydrogens (tertiary/aromatic N) is 1. The van der Waals surface area contributed by atoms with Crippen LogP contribution in [0.15, 0.2) is 40.9 Å². The van der Waals surface area contributed by atoms with Gasteiger partial charge in [-0.25, -0.2) is 4.98 Å². The first kappa shape index (κ1) is 13.2. The second-order valence-electron chi connectivity index (χ2n) is 3.88. The first-order valence-electron chi connectivity index (χ1n) is 5.40. The second-order valence-corrected chi connectivity index (χ2v) is 6.67. The Morgan fingerprint density at radius 1 is 1.11 bits per heavy atom. The van der Waals surface area contributed by atoms with Crippen molar-refractivity contribution in [1.29, 1.82) is 0 Å². The van der Waals surface area contributed by atoms with Gasteiger partial charge in [-0.3, -0.25) is 0 Å². The molecule has 1 aromatic heterocycles. The molecule has 0 aliphatic carbocycles. The molecular weight excluding hydrogens is 367 g/mol. The Morgan fingerprint density at radius 3 is 2.79 bits per heavy atom. The molecule has 0 fully saturated rings. The van der Waals surface area contributed by atoms with Gasteiger partial charge in [-0.05, 0) is 36.4 Å². The molecule has 2 aromatic carbocycles. The van der Waals surface area contributed by atoms with Gasteiger partial charge >= 0.3 is 0 Å². The van der Waals surface area contributed by atoms with Crippen LogP contribution in [0.1, 0.15) is 0 Å². The largest absolute Gasteiger partial charge is 0.330 e. The minimum Gasteiger partial charge on any atom is -0.330 e. The highest BCUT2D eigenvalue weighted by Crippen LogP contribution is 2.33. The van der Waals surface area contributed by atoms with Crippen molar-refractivity contribution in [3.63, 3.8) is 0 Å². The van der Waals surface area contributed by atoms with Crippen molar-refractivity contribution >= 4 is 71.5 Å². The molecule has 1 N–H and O–H groups in total. The molecule has 6 heteroatoms.